The van der Waals surface area contributed by atoms with Gasteiger partial charge in [-0.05, 0) is 48.9 Å². The lowest BCUT2D eigenvalue weighted by atomic mass is 10.1. The Kier molecular flexibility index (Phi) is 5.52. The highest BCUT2D eigenvalue weighted by Gasteiger charge is 2.14. The number of aromatic nitrogens is 1. The summed E-state index contributed by atoms with van der Waals surface area (Å²) in [4.78, 5) is 28.2. The van der Waals surface area contributed by atoms with E-state index in [2.05, 4.69) is 15.6 Å². The predicted molar refractivity (Wildman–Crippen MR) is 108 cm³/mol. The molecule has 2 amide bonds. The number of anilines is 2. The van der Waals surface area contributed by atoms with Crippen molar-refractivity contribution in [2.24, 2.45) is 0 Å². The van der Waals surface area contributed by atoms with Gasteiger partial charge in [0.15, 0.2) is 0 Å². The van der Waals surface area contributed by atoms with Gasteiger partial charge in [-0.1, -0.05) is 6.07 Å². The molecule has 0 fully saturated rings. The van der Waals surface area contributed by atoms with Crippen molar-refractivity contribution in [2.45, 2.75) is 13.8 Å². The van der Waals surface area contributed by atoms with Gasteiger partial charge in [-0.15, -0.1) is 11.3 Å². The molecule has 0 saturated carbocycles. The van der Waals surface area contributed by atoms with Gasteiger partial charge in [-0.3, -0.25) is 9.59 Å². The van der Waals surface area contributed by atoms with Gasteiger partial charge in [-0.2, -0.15) is 0 Å². The topological polar surface area (TPSA) is 80.3 Å². The lowest BCUT2D eigenvalue weighted by Gasteiger charge is -2.10. The molecule has 0 spiro atoms. The molecule has 0 atom stereocenters. The zero-order chi connectivity index (χ0) is 19.4. The molecule has 0 aliphatic rings. The standard InChI is InChI=1S/C20H19N3O3S/c1-12-4-7-15(21-13(2)24)10-17(12)22-19(25)18-11-27-20(23-18)14-5-8-16(26-3)9-6-14/h4-11H,1-3H3,(H,21,24)(H,22,25). The van der Waals surface area contributed by atoms with Crippen molar-refractivity contribution in [1.29, 1.82) is 0 Å². The van der Waals surface area contributed by atoms with Crippen LogP contribution in [0.4, 0.5) is 11.4 Å². The number of carbonyl (C=O) groups excluding carboxylic acids is 2. The van der Waals surface area contributed by atoms with E-state index >= 15 is 0 Å². The van der Waals surface area contributed by atoms with E-state index < -0.39 is 0 Å². The van der Waals surface area contributed by atoms with Crippen LogP contribution in [-0.4, -0.2) is 23.9 Å². The number of aryl methyl sites for hydroxylation is 1. The van der Waals surface area contributed by atoms with Crippen LogP contribution in [0.3, 0.4) is 0 Å². The largest absolute Gasteiger partial charge is 0.497 e. The Hall–Kier alpha value is -3.19. The van der Waals surface area contributed by atoms with Gasteiger partial charge in [0, 0.05) is 29.2 Å². The number of nitrogens with one attached hydrogen (secondary N) is 2. The Morgan fingerprint density at radius 2 is 1.81 bits per heavy atom. The van der Waals surface area contributed by atoms with Crippen molar-refractivity contribution in [3.05, 3.63) is 59.1 Å². The van der Waals surface area contributed by atoms with Gasteiger partial charge < -0.3 is 15.4 Å². The van der Waals surface area contributed by atoms with Gasteiger partial charge in [0.25, 0.3) is 5.91 Å². The Morgan fingerprint density at radius 3 is 2.48 bits per heavy atom. The van der Waals surface area contributed by atoms with E-state index in [-0.39, 0.29) is 11.8 Å². The van der Waals surface area contributed by atoms with Crippen LogP contribution in [0.1, 0.15) is 23.0 Å². The summed E-state index contributed by atoms with van der Waals surface area (Å²) >= 11 is 1.40. The lowest BCUT2D eigenvalue weighted by molar-refractivity contribution is -0.114. The fraction of sp³-hybridized carbons (Fsp3) is 0.150. The van der Waals surface area contributed by atoms with Gasteiger partial charge >= 0.3 is 0 Å². The van der Waals surface area contributed by atoms with Crippen LogP contribution < -0.4 is 15.4 Å². The summed E-state index contributed by atoms with van der Waals surface area (Å²) in [5.41, 5.74) is 3.41. The van der Waals surface area contributed by atoms with Crippen LogP contribution in [0.2, 0.25) is 0 Å². The molecular formula is C20H19N3O3S. The second kappa shape index (κ2) is 8.01. The quantitative estimate of drug-likeness (QED) is 0.689. The second-order valence-corrected chi connectivity index (χ2v) is 6.79. The van der Waals surface area contributed by atoms with E-state index in [1.165, 1.54) is 18.3 Å². The second-order valence-electron chi connectivity index (χ2n) is 5.93. The van der Waals surface area contributed by atoms with E-state index in [9.17, 15) is 9.59 Å². The summed E-state index contributed by atoms with van der Waals surface area (Å²) < 4.78 is 5.15. The summed E-state index contributed by atoms with van der Waals surface area (Å²) in [7, 11) is 1.61. The first kappa shape index (κ1) is 18.6. The molecule has 7 heteroatoms. The van der Waals surface area contributed by atoms with Crippen LogP contribution in [0.25, 0.3) is 10.6 Å². The van der Waals surface area contributed by atoms with Gasteiger partial charge in [0.05, 0.1) is 7.11 Å². The van der Waals surface area contributed by atoms with Gasteiger partial charge in [-0.25, -0.2) is 4.98 Å². The normalized spacial score (nSPS) is 10.3. The van der Waals surface area contributed by atoms with Crippen LogP contribution in [0, 0.1) is 6.92 Å². The number of amides is 2. The minimum absolute atomic E-state index is 0.167. The number of hydrogen-bond acceptors (Lipinski definition) is 5. The molecule has 3 aromatic rings. The number of ether oxygens (including phenoxy) is 1. The third kappa shape index (κ3) is 4.51. The molecule has 0 aliphatic heterocycles. The molecule has 2 aromatic carbocycles. The van der Waals surface area contributed by atoms with E-state index in [1.807, 2.05) is 37.3 Å². The van der Waals surface area contributed by atoms with Gasteiger partial charge in [0.1, 0.15) is 16.5 Å². The Morgan fingerprint density at radius 1 is 1.07 bits per heavy atom. The lowest BCUT2D eigenvalue weighted by Crippen LogP contribution is -2.14. The van der Waals surface area contributed by atoms with Crippen LogP contribution in [0.15, 0.2) is 47.8 Å². The number of benzene rings is 2. The van der Waals surface area contributed by atoms with Crippen LogP contribution in [0.5, 0.6) is 5.75 Å². The molecule has 1 heterocycles. The van der Waals surface area contributed by atoms with Crippen molar-refractivity contribution in [3.8, 4) is 16.3 Å². The molecular weight excluding hydrogens is 362 g/mol. The maximum absolute atomic E-state index is 12.6. The van der Waals surface area contributed by atoms with Crippen molar-refractivity contribution in [2.75, 3.05) is 17.7 Å². The number of hydrogen-bond donors (Lipinski definition) is 2. The number of thiazole rings is 1. The SMILES string of the molecule is COc1ccc(-c2nc(C(=O)Nc3cc(NC(C)=O)ccc3C)cs2)cc1. The maximum atomic E-state index is 12.6. The molecule has 0 bridgehead atoms. The monoisotopic (exact) mass is 381 g/mol. The molecule has 27 heavy (non-hydrogen) atoms. The zero-order valence-corrected chi connectivity index (χ0v) is 16.0. The average Bonchev–Trinajstić information content (AvgIpc) is 3.14. The summed E-state index contributed by atoms with van der Waals surface area (Å²) in [6.45, 7) is 3.32. The Bertz CT molecular complexity index is 980. The molecule has 3 rings (SSSR count). The molecule has 0 aliphatic carbocycles. The van der Waals surface area contributed by atoms with Crippen molar-refractivity contribution < 1.29 is 14.3 Å². The molecule has 0 unspecified atom stereocenters. The van der Waals surface area contributed by atoms with Gasteiger partial charge in [0.2, 0.25) is 5.91 Å². The van der Waals surface area contributed by atoms with Crippen molar-refractivity contribution >= 4 is 34.5 Å². The number of carbonyl (C=O) groups is 2. The summed E-state index contributed by atoms with van der Waals surface area (Å²) in [5.74, 6) is 0.302. The van der Waals surface area contributed by atoms with E-state index in [4.69, 9.17) is 4.74 Å². The summed E-state index contributed by atoms with van der Waals surface area (Å²) in [6.07, 6.45) is 0. The zero-order valence-electron chi connectivity index (χ0n) is 15.2. The maximum Gasteiger partial charge on any atom is 0.275 e. The Labute approximate surface area is 161 Å². The number of rotatable bonds is 5. The van der Waals surface area contributed by atoms with Crippen LogP contribution >= 0.6 is 11.3 Å². The molecule has 0 saturated heterocycles. The fourth-order valence-electron chi connectivity index (χ4n) is 2.47. The number of methoxy groups -OCH3 is 1. The molecule has 6 nitrogen and oxygen atoms in total. The fourth-order valence-corrected chi connectivity index (χ4v) is 3.27. The highest BCUT2D eigenvalue weighted by atomic mass is 32.1. The summed E-state index contributed by atoms with van der Waals surface area (Å²) in [6, 6.07) is 12.9. The molecule has 2 N–H and O–H groups in total. The minimum atomic E-state index is -0.297. The first-order chi connectivity index (χ1) is 13.0. The van der Waals surface area contributed by atoms with Crippen LogP contribution in [-0.2, 0) is 4.79 Å². The third-order valence-corrected chi connectivity index (χ3v) is 4.77. The smallest absolute Gasteiger partial charge is 0.275 e. The Balaban J connectivity index is 1.77. The molecule has 0 radical (unpaired) electrons. The predicted octanol–water partition coefficient (Wildman–Crippen LogP) is 4.34. The first-order valence-electron chi connectivity index (χ1n) is 8.26. The third-order valence-electron chi connectivity index (χ3n) is 3.88. The average molecular weight is 381 g/mol. The van der Waals surface area contributed by atoms with E-state index in [1.54, 1.807) is 24.6 Å². The molecule has 1 aromatic heterocycles. The van der Waals surface area contributed by atoms with Crippen molar-refractivity contribution in [3.63, 3.8) is 0 Å². The van der Waals surface area contributed by atoms with E-state index in [0.29, 0.717) is 17.1 Å². The summed E-state index contributed by atoms with van der Waals surface area (Å²) in [5, 5.41) is 8.04. The minimum Gasteiger partial charge on any atom is -0.497 e. The van der Waals surface area contributed by atoms with E-state index in [0.717, 1.165) is 21.9 Å². The molecule has 138 valence electrons. The number of nitrogens with zero attached hydrogens (tertiary/aromatic N) is 1. The highest BCUT2D eigenvalue weighted by molar-refractivity contribution is 7.13. The van der Waals surface area contributed by atoms with Crippen molar-refractivity contribution in [1.82, 2.24) is 4.98 Å². The first-order valence-corrected chi connectivity index (χ1v) is 9.14. The highest BCUT2D eigenvalue weighted by Crippen LogP contribution is 2.27.